The number of amides is 2. The first-order valence-corrected chi connectivity index (χ1v) is 13.2. The molecule has 11 heteroatoms. The average Bonchev–Trinajstić information content (AvgIpc) is 2.84. The number of ether oxygens (including phenoxy) is 4. The van der Waals surface area contributed by atoms with E-state index in [1.807, 2.05) is 20.8 Å². The molecule has 2 N–H and O–H groups in total. The summed E-state index contributed by atoms with van der Waals surface area (Å²) in [4.78, 5) is 46.9. The first kappa shape index (κ1) is 36.2. The number of hydrogen-bond acceptors (Lipinski definition) is 9. The van der Waals surface area contributed by atoms with Crippen LogP contribution in [0.25, 0.3) is 0 Å². The Kier molecular flexibility index (Phi) is 16.5. The molecule has 0 spiro atoms. The monoisotopic (exact) mass is 555 g/mol. The fraction of sp³-hybridized carbons (Fsp3) is 0.714. The molecule has 0 aromatic heterocycles. The molecule has 0 aliphatic rings. The molecule has 39 heavy (non-hydrogen) atoms. The van der Waals surface area contributed by atoms with E-state index in [1.165, 1.54) is 18.9 Å². The summed E-state index contributed by atoms with van der Waals surface area (Å²) in [5.41, 5.74) is 2.38. The zero-order valence-corrected chi connectivity index (χ0v) is 25.1. The number of nitrogens with one attached hydrogen (secondary N) is 2. The van der Waals surface area contributed by atoms with E-state index in [4.69, 9.17) is 18.9 Å². The zero-order valence-electron chi connectivity index (χ0n) is 25.1. The van der Waals surface area contributed by atoms with Gasteiger partial charge in [-0.1, -0.05) is 33.4 Å². The van der Waals surface area contributed by atoms with Crippen molar-refractivity contribution in [1.29, 1.82) is 0 Å². The fourth-order valence-corrected chi connectivity index (χ4v) is 3.99. The smallest absolute Gasteiger partial charge is 0.333 e. The van der Waals surface area contributed by atoms with Gasteiger partial charge in [0.1, 0.15) is 6.73 Å². The van der Waals surface area contributed by atoms with Gasteiger partial charge in [-0.15, -0.1) is 0 Å². The van der Waals surface area contributed by atoms with Crippen molar-refractivity contribution in [2.75, 3.05) is 40.2 Å². The average molecular weight is 556 g/mol. The van der Waals surface area contributed by atoms with Crippen molar-refractivity contribution in [3.63, 3.8) is 0 Å². The van der Waals surface area contributed by atoms with Crippen LogP contribution < -0.4 is 10.7 Å². The molecule has 0 rings (SSSR count). The normalized spacial score (nSPS) is 13.7. The third kappa shape index (κ3) is 16.1. The van der Waals surface area contributed by atoms with Crippen molar-refractivity contribution in [2.45, 2.75) is 85.8 Å². The van der Waals surface area contributed by atoms with Gasteiger partial charge in [-0.3, -0.25) is 15.0 Å². The first-order chi connectivity index (χ1) is 18.1. The molecule has 2 unspecified atom stereocenters. The van der Waals surface area contributed by atoms with Crippen LogP contribution in [0.5, 0.6) is 0 Å². The van der Waals surface area contributed by atoms with Gasteiger partial charge in [-0.2, -0.15) is 5.01 Å². The van der Waals surface area contributed by atoms with Crippen LogP contribution in [0, 0.1) is 5.41 Å². The molecule has 0 radical (unpaired) electrons. The van der Waals surface area contributed by atoms with Crippen LogP contribution in [0.4, 0.5) is 0 Å². The molecule has 0 bridgehead atoms. The molecule has 0 saturated heterocycles. The molecule has 0 aliphatic heterocycles. The summed E-state index contributed by atoms with van der Waals surface area (Å²) in [5, 5.41) is 4.25. The summed E-state index contributed by atoms with van der Waals surface area (Å²) in [5.74, 6) is -2.12. The topological polar surface area (TPSA) is 133 Å². The van der Waals surface area contributed by atoms with E-state index in [2.05, 4.69) is 37.7 Å². The molecule has 0 heterocycles. The van der Waals surface area contributed by atoms with Gasteiger partial charge >= 0.3 is 11.9 Å². The van der Waals surface area contributed by atoms with Crippen LogP contribution in [-0.2, 0) is 38.1 Å². The Hall–Kier alpha value is -2.76. The van der Waals surface area contributed by atoms with Gasteiger partial charge in [0.25, 0.3) is 11.8 Å². The largest absolute Gasteiger partial charge is 0.452 e. The number of rotatable bonds is 20. The highest BCUT2D eigenvalue weighted by molar-refractivity contribution is 5.89. The van der Waals surface area contributed by atoms with Gasteiger partial charge in [0, 0.05) is 24.2 Å². The lowest BCUT2D eigenvalue weighted by atomic mass is 9.73. The molecule has 0 aliphatic carbocycles. The van der Waals surface area contributed by atoms with Crippen LogP contribution in [0.1, 0.15) is 74.1 Å². The lowest BCUT2D eigenvalue weighted by molar-refractivity contribution is -0.147. The lowest BCUT2D eigenvalue weighted by Crippen LogP contribution is -2.45. The van der Waals surface area contributed by atoms with E-state index in [0.29, 0.717) is 13.0 Å². The molecule has 0 aromatic rings. The third-order valence-corrected chi connectivity index (χ3v) is 5.84. The number of carbonyl (C=O) groups is 4. The second-order valence-electron chi connectivity index (χ2n) is 10.7. The SMILES string of the molecule is C=C(C)C(=O)OCC(=O)NC(C)COC(C)(C)CC(CC)(CCC)COCN(C)NC(=O)COC(=O)C(=C)C. The first-order valence-electron chi connectivity index (χ1n) is 13.2. The summed E-state index contributed by atoms with van der Waals surface area (Å²) in [7, 11) is 1.66. The van der Waals surface area contributed by atoms with Crippen LogP contribution in [0.15, 0.2) is 24.3 Å². The van der Waals surface area contributed by atoms with E-state index < -0.39 is 36.0 Å². The Morgan fingerprint density at radius 1 is 0.949 bits per heavy atom. The van der Waals surface area contributed by atoms with E-state index in [0.717, 1.165) is 19.3 Å². The molecule has 0 saturated carbocycles. The maximum atomic E-state index is 12.1. The highest BCUT2D eigenvalue weighted by atomic mass is 16.5. The van der Waals surface area contributed by atoms with Crippen molar-refractivity contribution >= 4 is 23.8 Å². The number of nitrogens with zero attached hydrogens (tertiary/aromatic N) is 1. The maximum Gasteiger partial charge on any atom is 0.333 e. The summed E-state index contributed by atoms with van der Waals surface area (Å²) in [6.45, 7) is 20.2. The second kappa shape index (κ2) is 17.8. The Balaban J connectivity index is 4.79. The number of carbonyl (C=O) groups excluding carboxylic acids is 4. The van der Waals surface area contributed by atoms with Gasteiger partial charge in [0.05, 0.1) is 18.8 Å². The van der Waals surface area contributed by atoms with Crippen molar-refractivity contribution in [3.05, 3.63) is 24.3 Å². The van der Waals surface area contributed by atoms with Crippen molar-refractivity contribution in [1.82, 2.24) is 15.8 Å². The van der Waals surface area contributed by atoms with E-state index in [-0.39, 0.29) is 42.5 Å². The molecule has 2 atom stereocenters. The molecule has 2 amide bonds. The third-order valence-electron chi connectivity index (χ3n) is 5.84. The molecule has 11 nitrogen and oxygen atoms in total. The summed E-state index contributed by atoms with van der Waals surface area (Å²) < 4.78 is 21.9. The van der Waals surface area contributed by atoms with Gasteiger partial charge < -0.3 is 24.3 Å². The zero-order chi connectivity index (χ0) is 30.2. The Morgan fingerprint density at radius 2 is 1.49 bits per heavy atom. The van der Waals surface area contributed by atoms with E-state index >= 15 is 0 Å². The lowest BCUT2D eigenvalue weighted by Gasteiger charge is -2.40. The molecule has 224 valence electrons. The van der Waals surface area contributed by atoms with Crippen molar-refractivity contribution < 1.29 is 38.1 Å². The minimum atomic E-state index is -0.623. The predicted octanol–water partition coefficient (Wildman–Crippen LogP) is 3.05. The second-order valence-corrected chi connectivity index (χ2v) is 10.7. The van der Waals surface area contributed by atoms with Crippen LogP contribution in [0.3, 0.4) is 0 Å². The van der Waals surface area contributed by atoms with Gasteiger partial charge in [-0.05, 0) is 59.3 Å². The van der Waals surface area contributed by atoms with E-state index in [1.54, 1.807) is 7.05 Å². The predicted molar refractivity (Wildman–Crippen MR) is 148 cm³/mol. The van der Waals surface area contributed by atoms with E-state index in [9.17, 15) is 19.2 Å². The van der Waals surface area contributed by atoms with Crippen molar-refractivity contribution in [3.8, 4) is 0 Å². The summed E-state index contributed by atoms with van der Waals surface area (Å²) >= 11 is 0. The minimum absolute atomic E-state index is 0.145. The van der Waals surface area contributed by atoms with Crippen LogP contribution in [0.2, 0.25) is 0 Å². The maximum absolute atomic E-state index is 12.1. The van der Waals surface area contributed by atoms with Crippen LogP contribution >= 0.6 is 0 Å². The van der Waals surface area contributed by atoms with Gasteiger partial charge in [-0.25, -0.2) is 9.59 Å². The number of hydrogen-bond donors (Lipinski definition) is 2. The summed E-state index contributed by atoms with van der Waals surface area (Å²) in [6.07, 6.45) is 3.46. The van der Waals surface area contributed by atoms with Crippen molar-refractivity contribution in [2.24, 2.45) is 5.41 Å². The molecule has 0 aromatic carbocycles. The van der Waals surface area contributed by atoms with Gasteiger partial charge in [0.15, 0.2) is 13.2 Å². The number of esters is 2. The van der Waals surface area contributed by atoms with Gasteiger partial charge in [0.2, 0.25) is 0 Å². The Morgan fingerprint density at radius 3 is 1.97 bits per heavy atom. The highest BCUT2D eigenvalue weighted by Gasteiger charge is 2.36. The Labute approximate surface area is 233 Å². The summed E-state index contributed by atoms with van der Waals surface area (Å²) in [6, 6.07) is -0.286. The Bertz CT molecular complexity index is 858. The standard InChI is InChI=1S/C28H49N3O8/c1-11-13-28(12-2,18-36-19-31(10)30-24(33)16-38-26(35)21(5)6)17-27(8,9)39-14-22(7)29-23(32)15-37-25(34)20(3)4/h22H,3,5,11-19H2,1-2,4,6-10H3,(H,29,32)(H,30,33). The fourth-order valence-electron chi connectivity index (χ4n) is 3.99. The molecule has 0 fully saturated rings. The quantitative estimate of drug-likeness (QED) is 0.101. The minimum Gasteiger partial charge on any atom is -0.452 e. The molecular formula is C28H49N3O8. The van der Waals surface area contributed by atoms with Crippen LogP contribution in [-0.4, -0.2) is 80.6 Å². The highest BCUT2D eigenvalue weighted by Crippen LogP contribution is 2.38. The molecular weight excluding hydrogens is 506 g/mol. The number of hydrazine groups is 1.